The van der Waals surface area contributed by atoms with E-state index in [2.05, 4.69) is 18.5 Å². The van der Waals surface area contributed by atoms with Crippen LogP contribution in [0.15, 0.2) is 70.0 Å². The number of aromatic nitrogens is 3. The van der Waals surface area contributed by atoms with Gasteiger partial charge in [-0.05, 0) is 11.5 Å². The highest BCUT2D eigenvalue weighted by Gasteiger charge is 2.17. The number of hydrogen-bond acceptors (Lipinski definition) is 4. The fourth-order valence-electron chi connectivity index (χ4n) is 2.75. The van der Waals surface area contributed by atoms with Crippen LogP contribution in [-0.4, -0.2) is 26.2 Å². The summed E-state index contributed by atoms with van der Waals surface area (Å²) in [5.41, 5.74) is -1.39. The molecule has 28 heavy (non-hydrogen) atoms. The van der Waals surface area contributed by atoms with Gasteiger partial charge in [-0.25, -0.2) is 28.1 Å². The van der Waals surface area contributed by atoms with Crippen molar-refractivity contribution in [3.63, 3.8) is 0 Å². The first-order valence-corrected chi connectivity index (χ1v) is 8.88. The zero-order valence-corrected chi connectivity index (χ0v) is 15.8. The summed E-state index contributed by atoms with van der Waals surface area (Å²) in [6, 6.07) is 9.66. The van der Waals surface area contributed by atoms with Crippen LogP contribution in [0.1, 0.15) is 18.4 Å². The van der Waals surface area contributed by atoms with Crippen molar-refractivity contribution in [1.82, 2.24) is 19.0 Å². The number of carbonyl (C=O) groups excluding carboxylic acids is 1. The number of hydrogen-bond donors (Lipinski definition) is 1. The minimum atomic E-state index is -0.846. The Bertz CT molecular complexity index is 983. The average molecular weight is 384 g/mol. The Morgan fingerprint density at radius 2 is 1.46 bits per heavy atom. The SMILES string of the molecule is C=CCn1c(=O)n(CC=C)c(=O)n(CC(=O)NC[C@@H](C)c2ccccc2)c1=O. The fourth-order valence-corrected chi connectivity index (χ4v) is 2.75. The van der Waals surface area contributed by atoms with E-state index in [4.69, 9.17) is 0 Å². The molecule has 148 valence electrons. The molecular weight excluding hydrogens is 360 g/mol. The molecule has 0 aliphatic carbocycles. The van der Waals surface area contributed by atoms with Crippen LogP contribution in [0.25, 0.3) is 0 Å². The summed E-state index contributed by atoms with van der Waals surface area (Å²) < 4.78 is 2.46. The molecule has 0 saturated carbocycles. The summed E-state index contributed by atoms with van der Waals surface area (Å²) in [4.78, 5) is 49.7. The lowest BCUT2D eigenvalue weighted by molar-refractivity contribution is -0.121. The number of carbonyl (C=O) groups is 1. The fraction of sp³-hybridized carbons (Fsp3) is 0.300. The Kier molecular flexibility index (Phi) is 7.08. The molecule has 1 atom stereocenters. The maximum Gasteiger partial charge on any atom is 0.337 e. The summed E-state index contributed by atoms with van der Waals surface area (Å²) in [5, 5.41) is 2.73. The van der Waals surface area contributed by atoms with Crippen molar-refractivity contribution in [1.29, 1.82) is 0 Å². The van der Waals surface area contributed by atoms with Gasteiger partial charge in [0.15, 0.2) is 0 Å². The summed E-state index contributed by atoms with van der Waals surface area (Å²) in [6.07, 6.45) is 2.74. The number of amides is 1. The quantitative estimate of drug-likeness (QED) is 0.636. The predicted octanol–water partition coefficient (Wildman–Crippen LogP) is 0.464. The number of rotatable bonds is 9. The van der Waals surface area contributed by atoms with E-state index in [1.165, 1.54) is 12.2 Å². The Labute approximate surface area is 162 Å². The minimum Gasteiger partial charge on any atom is -0.354 e. The number of allylic oxidation sites excluding steroid dienone is 2. The molecule has 1 aromatic carbocycles. The van der Waals surface area contributed by atoms with Crippen LogP contribution in [-0.2, 0) is 24.4 Å². The molecule has 1 amide bonds. The molecule has 8 heteroatoms. The second kappa shape index (κ2) is 9.50. The molecule has 0 fully saturated rings. The van der Waals surface area contributed by atoms with E-state index >= 15 is 0 Å². The summed E-state index contributed by atoms with van der Waals surface area (Å²) >= 11 is 0. The molecule has 0 spiro atoms. The van der Waals surface area contributed by atoms with Gasteiger partial charge in [-0.2, -0.15) is 0 Å². The Balaban J connectivity index is 2.24. The maximum atomic E-state index is 12.5. The van der Waals surface area contributed by atoms with Gasteiger partial charge in [0, 0.05) is 6.54 Å². The lowest BCUT2D eigenvalue weighted by Crippen LogP contribution is -2.55. The van der Waals surface area contributed by atoms with Crippen molar-refractivity contribution in [2.75, 3.05) is 6.54 Å². The van der Waals surface area contributed by atoms with Crippen molar-refractivity contribution >= 4 is 5.91 Å². The second-order valence-corrected chi connectivity index (χ2v) is 6.35. The Morgan fingerprint density at radius 3 is 1.96 bits per heavy atom. The van der Waals surface area contributed by atoms with E-state index in [9.17, 15) is 19.2 Å². The summed E-state index contributed by atoms with van der Waals surface area (Å²) in [7, 11) is 0. The van der Waals surface area contributed by atoms with Gasteiger partial charge in [0.05, 0.1) is 13.1 Å². The molecule has 0 bridgehead atoms. The van der Waals surface area contributed by atoms with E-state index in [-0.39, 0.29) is 19.0 Å². The van der Waals surface area contributed by atoms with Crippen LogP contribution in [0.5, 0.6) is 0 Å². The van der Waals surface area contributed by atoms with Crippen molar-refractivity contribution in [3.8, 4) is 0 Å². The Hall–Kier alpha value is -3.42. The molecular formula is C20H24N4O4. The molecule has 1 heterocycles. The molecule has 2 aromatic rings. The van der Waals surface area contributed by atoms with Crippen LogP contribution in [0.3, 0.4) is 0 Å². The number of nitrogens with one attached hydrogen (secondary N) is 1. The zero-order valence-electron chi connectivity index (χ0n) is 15.8. The zero-order chi connectivity index (χ0) is 20.7. The monoisotopic (exact) mass is 384 g/mol. The summed E-state index contributed by atoms with van der Waals surface area (Å²) in [5.74, 6) is -0.426. The predicted molar refractivity (Wildman–Crippen MR) is 107 cm³/mol. The van der Waals surface area contributed by atoms with Crippen LogP contribution >= 0.6 is 0 Å². The van der Waals surface area contributed by atoms with Gasteiger partial charge >= 0.3 is 17.1 Å². The van der Waals surface area contributed by atoms with Gasteiger partial charge in [-0.3, -0.25) is 4.79 Å². The normalized spacial score (nSPS) is 11.6. The molecule has 1 aromatic heterocycles. The Morgan fingerprint density at radius 1 is 0.964 bits per heavy atom. The van der Waals surface area contributed by atoms with Crippen molar-refractivity contribution in [2.24, 2.45) is 0 Å². The maximum absolute atomic E-state index is 12.5. The van der Waals surface area contributed by atoms with E-state index in [0.29, 0.717) is 6.54 Å². The topological polar surface area (TPSA) is 95.1 Å². The van der Waals surface area contributed by atoms with E-state index in [0.717, 1.165) is 19.3 Å². The highest BCUT2D eigenvalue weighted by molar-refractivity contribution is 5.75. The second-order valence-electron chi connectivity index (χ2n) is 6.35. The van der Waals surface area contributed by atoms with E-state index in [1.807, 2.05) is 37.3 Å². The van der Waals surface area contributed by atoms with Crippen LogP contribution in [0.2, 0.25) is 0 Å². The first-order chi connectivity index (χ1) is 13.4. The average Bonchev–Trinajstić information content (AvgIpc) is 2.70. The lowest BCUT2D eigenvalue weighted by atomic mass is 10.0. The van der Waals surface area contributed by atoms with Crippen LogP contribution in [0.4, 0.5) is 0 Å². The van der Waals surface area contributed by atoms with Crippen molar-refractivity contribution in [3.05, 3.63) is 92.7 Å². The van der Waals surface area contributed by atoms with E-state index < -0.39 is 29.5 Å². The minimum absolute atomic E-state index is 0.0639. The van der Waals surface area contributed by atoms with E-state index in [1.54, 1.807) is 0 Å². The third-order valence-electron chi connectivity index (χ3n) is 4.28. The van der Waals surface area contributed by atoms with Gasteiger partial charge < -0.3 is 5.32 Å². The largest absolute Gasteiger partial charge is 0.354 e. The molecule has 1 N–H and O–H groups in total. The first kappa shape index (κ1) is 20.9. The van der Waals surface area contributed by atoms with Crippen molar-refractivity contribution < 1.29 is 4.79 Å². The van der Waals surface area contributed by atoms with Crippen molar-refractivity contribution in [2.45, 2.75) is 32.5 Å². The molecule has 0 unspecified atom stereocenters. The molecule has 0 radical (unpaired) electrons. The molecule has 0 aliphatic heterocycles. The lowest BCUT2D eigenvalue weighted by Gasteiger charge is -2.14. The van der Waals surface area contributed by atoms with Gasteiger partial charge in [-0.1, -0.05) is 49.4 Å². The highest BCUT2D eigenvalue weighted by Crippen LogP contribution is 2.12. The van der Waals surface area contributed by atoms with Gasteiger partial charge in [0.1, 0.15) is 6.54 Å². The molecule has 8 nitrogen and oxygen atoms in total. The van der Waals surface area contributed by atoms with Crippen LogP contribution in [0, 0.1) is 0 Å². The first-order valence-electron chi connectivity index (χ1n) is 8.88. The molecule has 0 saturated heterocycles. The third-order valence-corrected chi connectivity index (χ3v) is 4.28. The molecule has 2 rings (SSSR count). The smallest absolute Gasteiger partial charge is 0.337 e. The standard InChI is InChI=1S/C20H24N4O4/c1-4-11-22-18(26)23(12-5-2)20(28)24(19(22)27)14-17(25)21-13-15(3)16-9-7-6-8-10-16/h4-10,15H,1-2,11-14H2,3H3,(H,21,25)/t15-/m1/s1. The van der Waals surface area contributed by atoms with Crippen LogP contribution < -0.4 is 22.4 Å². The molecule has 0 aliphatic rings. The number of benzene rings is 1. The summed E-state index contributed by atoms with van der Waals surface area (Å²) in [6.45, 7) is 8.72. The third kappa shape index (κ3) is 4.64. The number of nitrogens with zero attached hydrogens (tertiary/aromatic N) is 3. The van der Waals surface area contributed by atoms with Gasteiger partial charge in [-0.15, -0.1) is 13.2 Å². The van der Waals surface area contributed by atoms with Gasteiger partial charge in [0.2, 0.25) is 5.91 Å². The highest BCUT2D eigenvalue weighted by atomic mass is 16.2. The van der Waals surface area contributed by atoms with Gasteiger partial charge in [0.25, 0.3) is 0 Å².